The van der Waals surface area contributed by atoms with Crippen LogP contribution in [0.1, 0.15) is 20.8 Å². The Kier molecular flexibility index (Phi) is 5.20. The van der Waals surface area contributed by atoms with Crippen LogP contribution in [0.4, 0.5) is 0 Å². The minimum absolute atomic E-state index is 0.0213. The van der Waals surface area contributed by atoms with Crippen molar-refractivity contribution in [1.82, 2.24) is 0 Å². The van der Waals surface area contributed by atoms with Crippen molar-refractivity contribution < 1.29 is 24.2 Å². The smallest absolute Gasteiger partial charge is 0.364 e. The molecule has 19 heavy (non-hydrogen) atoms. The number of carboxylic acid groups (broad SMARTS) is 1. The van der Waals surface area contributed by atoms with E-state index in [0.717, 1.165) is 0 Å². The van der Waals surface area contributed by atoms with E-state index in [1.54, 1.807) is 37.3 Å². The number of allylic oxidation sites excluding steroid dienone is 5. The maximum Gasteiger partial charge on any atom is 0.364 e. The summed E-state index contributed by atoms with van der Waals surface area (Å²) < 4.78 is 10.6. The second kappa shape index (κ2) is 6.45. The average molecular weight is 266 g/mol. The van der Waals surface area contributed by atoms with Gasteiger partial charge in [-0.05, 0) is 19.9 Å². The first-order chi connectivity index (χ1) is 8.85. The maximum absolute atomic E-state index is 11.0. The molecule has 1 aliphatic rings. The number of carbonyl (C=O) groups excluding carboxylic acids is 1. The standard InChI is InChI=1S/C14H18O5/c1-10(15)8-6-4-5-7-9-12-11(2)18-14(3,19-12)13(16)17/h4-9,11-12H,1-3H3,(H,16,17). The molecule has 1 aliphatic heterocycles. The second-order valence-corrected chi connectivity index (χ2v) is 4.40. The fourth-order valence-electron chi connectivity index (χ4n) is 1.59. The molecule has 1 heterocycles. The molecule has 1 N–H and O–H groups in total. The van der Waals surface area contributed by atoms with E-state index in [4.69, 9.17) is 14.6 Å². The van der Waals surface area contributed by atoms with Gasteiger partial charge >= 0.3 is 5.97 Å². The molecule has 5 nitrogen and oxygen atoms in total. The topological polar surface area (TPSA) is 72.8 Å². The first kappa shape index (κ1) is 15.3. The Balaban J connectivity index is 2.54. The van der Waals surface area contributed by atoms with Crippen LogP contribution in [-0.4, -0.2) is 34.9 Å². The number of aliphatic carboxylic acids is 1. The SMILES string of the molecule is CC(=O)C=CC=CC=CC1OC(C)(C(=O)O)OC1C. The zero-order chi connectivity index (χ0) is 14.5. The van der Waals surface area contributed by atoms with Crippen LogP contribution < -0.4 is 0 Å². The summed E-state index contributed by atoms with van der Waals surface area (Å²) >= 11 is 0. The summed E-state index contributed by atoms with van der Waals surface area (Å²) in [5.41, 5.74) is 0. The minimum Gasteiger partial charge on any atom is -0.477 e. The van der Waals surface area contributed by atoms with Gasteiger partial charge in [-0.2, -0.15) is 0 Å². The molecule has 1 saturated heterocycles. The summed E-state index contributed by atoms with van der Waals surface area (Å²) in [6, 6.07) is 0. The van der Waals surface area contributed by atoms with E-state index < -0.39 is 17.9 Å². The van der Waals surface area contributed by atoms with Gasteiger partial charge in [0, 0.05) is 6.92 Å². The molecule has 1 rings (SSSR count). The summed E-state index contributed by atoms with van der Waals surface area (Å²) in [4.78, 5) is 21.6. The normalized spacial score (nSPS) is 31.7. The highest BCUT2D eigenvalue weighted by Gasteiger charge is 2.47. The van der Waals surface area contributed by atoms with Crippen LogP contribution in [0.3, 0.4) is 0 Å². The Morgan fingerprint density at radius 3 is 2.32 bits per heavy atom. The molecule has 0 aromatic carbocycles. The Morgan fingerprint density at radius 2 is 1.79 bits per heavy atom. The third-order valence-electron chi connectivity index (χ3n) is 2.59. The molecule has 1 fully saturated rings. The molecular formula is C14H18O5. The Labute approximate surface area is 112 Å². The van der Waals surface area contributed by atoms with E-state index in [1.165, 1.54) is 19.9 Å². The number of ether oxygens (including phenoxy) is 2. The molecule has 0 radical (unpaired) electrons. The Morgan fingerprint density at radius 1 is 1.16 bits per heavy atom. The lowest BCUT2D eigenvalue weighted by Gasteiger charge is -2.16. The van der Waals surface area contributed by atoms with Crippen LogP contribution in [0, 0.1) is 0 Å². The lowest BCUT2D eigenvalue weighted by atomic mass is 10.2. The highest BCUT2D eigenvalue weighted by molar-refractivity contribution is 5.87. The molecule has 5 heteroatoms. The fourth-order valence-corrected chi connectivity index (χ4v) is 1.59. The third-order valence-corrected chi connectivity index (χ3v) is 2.59. The van der Waals surface area contributed by atoms with Crippen LogP contribution in [0.25, 0.3) is 0 Å². The summed E-state index contributed by atoms with van der Waals surface area (Å²) in [5, 5.41) is 8.97. The van der Waals surface area contributed by atoms with E-state index in [2.05, 4.69) is 0 Å². The Bertz CT molecular complexity index is 435. The Hall–Kier alpha value is -1.72. The molecule has 104 valence electrons. The van der Waals surface area contributed by atoms with E-state index in [9.17, 15) is 9.59 Å². The van der Waals surface area contributed by atoms with Gasteiger partial charge in [-0.25, -0.2) is 4.79 Å². The van der Waals surface area contributed by atoms with Gasteiger partial charge in [-0.15, -0.1) is 0 Å². The van der Waals surface area contributed by atoms with Gasteiger partial charge in [-0.3, -0.25) is 4.79 Å². The number of hydrogen-bond donors (Lipinski definition) is 1. The monoisotopic (exact) mass is 266 g/mol. The molecule has 0 bridgehead atoms. The van der Waals surface area contributed by atoms with Gasteiger partial charge in [0.2, 0.25) is 0 Å². The molecule has 3 atom stereocenters. The van der Waals surface area contributed by atoms with Crippen molar-refractivity contribution >= 4 is 11.8 Å². The number of ketones is 1. The van der Waals surface area contributed by atoms with Crippen molar-refractivity contribution in [1.29, 1.82) is 0 Å². The van der Waals surface area contributed by atoms with Gasteiger partial charge in [-0.1, -0.05) is 30.4 Å². The molecule has 0 saturated carbocycles. The van der Waals surface area contributed by atoms with E-state index >= 15 is 0 Å². The maximum atomic E-state index is 11.0. The number of hydrogen-bond acceptors (Lipinski definition) is 4. The predicted octanol–water partition coefficient (Wildman–Crippen LogP) is 1.85. The molecule has 3 unspecified atom stereocenters. The van der Waals surface area contributed by atoms with Crippen molar-refractivity contribution in [3.8, 4) is 0 Å². The first-order valence-electron chi connectivity index (χ1n) is 5.96. The fraction of sp³-hybridized carbons (Fsp3) is 0.429. The third kappa shape index (κ3) is 4.46. The minimum atomic E-state index is -1.59. The van der Waals surface area contributed by atoms with E-state index in [1.807, 2.05) is 0 Å². The van der Waals surface area contributed by atoms with Gasteiger partial charge in [0.15, 0.2) is 5.78 Å². The van der Waals surface area contributed by atoms with E-state index in [-0.39, 0.29) is 11.9 Å². The van der Waals surface area contributed by atoms with Gasteiger partial charge in [0.1, 0.15) is 6.10 Å². The summed E-state index contributed by atoms with van der Waals surface area (Å²) in [7, 11) is 0. The van der Waals surface area contributed by atoms with Crippen LogP contribution in [-0.2, 0) is 19.1 Å². The predicted molar refractivity (Wildman–Crippen MR) is 69.6 cm³/mol. The van der Waals surface area contributed by atoms with Gasteiger partial charge in [0.25, 0.3) is 5.79 Å². The van der Waals surface area contributed by atoms with Crippen LogP contribution in [0.15, 0.2) is 36.5 Å². The summed E-state index contributed by atoms with van der Waals surface area (Å²) in [6.07, 6.45) is 9.20. The van der Waals surface area contributed by atoms with Crippen LogP contribution >= 0.6 is 0 Å². The molecule has 0 amide bonds. The zero-order valence-corrected chi connectivity index (χ0v) is 11.2. The first-order valence-corrected chi connectivity index (χ1v) is 5.96. The highest BCUT2D eigenvalue weighted by Crippen LogP contribution is 2.29. The highest BCUT2D eigenvalue weighted by atomic mass is 16.8. The molecular weight excluding hydrogens is 248 g/mol. The molecule has 0 aromatic rings. The summed E-state index contributed by atoms with van der Waals surface area (Å²) in [5.74, 6) is -2.76. The molecule has 0 aromatic heterocycles. The largest absolute Gasteiger partial charge is 0.477 e. The van der Waals surface area contributed by atoms with Crippen molar-refractivity contribution in [3.63, 3.8) is 0 Å². The van der Waals surface area contributed by atoms with Crippen molar-refractivity contribution in [2.24, 2.45) is 0 Å². The van der Waals surface area contributed by atoms with E-state index in [0.29, 0.717) is 0 Å². The zero-order valence-electron chi connectivity index (χ0n) is 11.2. The van der Waals surface area contributed by atoms with Gasteiger partial charge in [0.05, 0.1) is 6.10 Å². The number of carbonyl (C=O) groups is 2. The second-order valence-electron chi connectivity index (χ2n) is 4.40. The number of rotatable bonds is 5. The lowest BCUT2D eigenvalue weighted by molar-refractivity contribution is -0.200. The van der Waals surface area contributed by atoms with Crippen molar-refractivity contribution in [2.45, 2.75) is 38.8 Å². The van der Waals surface area contributed by atoms with Crippen molar-refractivity contribution in [3.05, 3.63) is 36.5 Å². The summed E-state index contributed by atoms with van der Waals surface area (Å²) in [6.45, 7) is 4.60. The molecule has 0 spiro atoms. The van der Waals surface area contributed by atoms with Crippen LogP contribution in [0.2, 0.25) is 0 Å². The molecule has 0 aliphatic carbocycles. The quantitative estimate of drug-likeness (QED) is 0.607. The van der Waals surface area contributed by atoms with Crippen molar-refractivity contribution in [2.75, 3.05) is 0 Å². The average Bonchev–Trinajstić information content (AvgIpc) is 2.60. The van der Waals surface area contributed by atoms with Gasteiger partial charge < -0.3 is 14.6 Å². The lowest BCUT2D eigenvalue weighted by Crippen LogP contribution is -2.36. The number of carboxylic acids is 1. The van der Waals surface area contributed by atoms with Crippen LogP contribution in [0.5, 0.6) is 0 Å².